The predicted octanol–water partition coefficient (Wildman–Crippen LogP) is 0.571. The molecule has 5 nitrogen and oxygen atoms in total. The topological polar surface area (TPSA) is 58.4 Å². The third-order valence-corrected chi connectivity index (χ3v) is 2.44. The van der Waals surface area contributed by atoms with Crippen molar-refractivity contribution in [2.24, 2.45) is 7.05 Å². The lowest BCUT2D eigenvalue weighted by molar-refractivity contribution is 0.0367. The van der Waals surface area contributed by atoms with Crippen LogP contribution in [-0.2, 0) is 7.05 Å². The van der Waals surface area contributed by atoms with E-state index in [0.717, 1.165) is 5.69 Å². The molecule has 90 valence electrons. The Morgan fingerprint density at radius 1 is 1.62 bits per heavy atom. The summed E-state index contributed by atoms with van der Waals surface area (Å²) in [4.78, 5) is 13.5. The zero-order valence-corrected chi connectivity index (χ0v) is 10.5. The maximum absolute atomic E-state index is 12.0. The molecule has 0 saturated heterocycles. The molecular formula is C11H19N3O2. The Balaban J connectivity index is 2.83. The molecule has 0 radical (unpaired) electrons. The predicted molar refractivity (Wildman–Crippen MR) is 61.2 cm³/mol. The second kappa shape index (κ2) is 4.25. The number of amides is 1. The Labute approximate surface area is 95.7 Å². The van der Waals surface area contributed by atoms with E-state index in [9.17, 15) is 9.90 Å². The molecule has 0 saturated carbocycles. The first-order valence-corrected chi connectivity index (χ1v) is 5.19. The van der Waals surface area contributed by atoms with Crippen molar-refractivity contribution < 1.29 is 9.90 Å². The smallest absolute Gasteiger partial charge is 0.257 e. The van der Waals surface area contributed by atoms with Gasteiger partial charge in [-0.05, 0) is 20.8 Å². The van der Waals surface area contributed by atoms with Gasteiger partial charge in [-0.3, -0.25) is 9.48 Å². The summed E-state index contributed by atoms with van der Waals surface area (Å²) in [6.45, 7) is 5.48. The van der Waals surface area contributed by atoms with Gasteiger partial charge in [0, 0.05) is 26.3 Å². The highest BCUT2D eigenvalue weighted by Crippen LogP contribution is 2.11. The number of carbonyl (C=O) groups excluding carboxylic acids is 1. The van der Waals surface area contributed by atoms with E-state index in [4.69, 9.17) is 0 Å². The van der Waals surface area contributed by atoms with Gasteiger partial charge >= 0.3 is 0 Å². The van der Waals surface area contributed by atoms with Crippen molar-refractivity contribution in [2.45, 2.75) is 26.4 Å². The number of aryl methyl sites for hydroxylation is 1. The maximum atomic E-state index is 12.0. The minimum absolute atomic E-state index is 0.118. The molecule has 1 aromatic heterocycles. The molecule has 0 aliphatic rings. The number of carbonyl (C=O) groups is 1. The molecule has 1 amide bonds. The molecule has 1 N–H and O–H groups in total. The van der Waals surface area contributed by atoms with Gasteiger partial charge in [0.1, 0.15) is 0 Å². The number of aliphatic hydroxyl groups is 1. The lowest BCUT2D eigenvalue weighted by atomic mass is 10.1. The normalized spacial score (nSPS) is 11.6. The molecule has 0 spiro atoms. The van der Waals surface area contributed by atoms with Crippen molar-refractivity contribution in [3.63, 3.8) is 0 Å². The van der Waals surface area contributed by atoms with Crippen molar-refractivity contribution in [2.75, 3.05) is 13.6 Å². The van der Waals surface area contributed by atoms with Crippen molar-refractivity contribution in [3.05, 3.63) is 17.5 Å². The molecular weight excluding hydrogens is 206 g/mol. The number of likely N-dealkylation sites (N-methyl/N-ethyl adjacent to an activating group) is 1. The average molecular weight is 225 g/mol. The number of hydrogen-bond acceptors (Lipinski definition) is 3. The summed E-state index contributed by atoms with van der Waals surface area (Å²) in [7, 11) is 3.47. The largest absolute Gasteiger partial charge is 0.389 e. The van der Waals surface area contributed by atoms with Gasteiger partial charge in [0.2, 0.25) is 0 Å². The molecule has 0 bridgehead atoms. The van der Waals surface area contributed by atoms with Crippen molar-refractivity contribution in [3.8, 4) is 0 Å². The molecule has 1 aromatic rings. The summed E-state index contributed by atoms with van der Waals surface area (Å²) in [5.74, 6) is -0.118. The van der Waals surface area contributed by atoms with E-state index in [1.165, 1.54) is 4.90 Å². The minimum Gasteiger partial charge on any atom is -0.389 e. The van der Waals surface area contributed by atoms with Crippen LogP contribution in [0, 0.1) is 6.92 Å². The van der Waals surface area contributed by atoms with E-state index in [1.54, 1.807) is 38.8 Å². The van der Waals surface area contributed by atoms with Crippen LogP contribution in [0.3, 0.4) is 0 Å². The van der Waals surface area contributed by atoms with Crippen molar-refractivity contribution >= 4 is 5.91 Å². The van der Waals surface area contributed by atoms with Crippen LogP contribution in [0.4, 0.5) is 0 Å². The molecule has 0 atom stereocenters. The van der Waals surface area contributed by atoms with E-state index in [-0.39, 0.29) is 5.91 Å². The summed E-state index contributed by atoms with van der Waals surface area (Å²) in [6, 6.07) is 0. The zero-order chi connectivity index (χ0) is 12.5. The summed E-state index contributed by atoms with van der Waals surface area (Å²) in [6.07, 6.45) is 1.55. The fraction of sp³-hybridized carbons (Fsp3) is 0.636. The maximum Gasteiger partial charge on any atom is 0.257 e. The molecule has 1 rings (SSSR count). The average Bonchev–Trinajstić information content (AvgIpc) is 2.44. The summed E-state index contributed by atoms with van der Waals surface area (Å²) >= 11 is 0. The molecule has 0 aromatic carbocycles. The van der Waals surface area contributed by atoms with Crippen LogP contribution in [0.25, 0.3) is 0 Å². The first-order valence-electron chi connectivity index (χ1n) is 5.19. The van der Waals surface area contributed by atoms with E-state index >= 15 is 0 Å². The summed E-state index contributed by atoms with van der Waals surface area (Å²) < 4.78 is 1.66. The highest BCUT2D eigenvalue weighted by atomic mass is 16.3. The van der Waals surface area contributed by atoms with Crippen LogP contribution in [-0.4, -0.2) is 44.9 Å². The second-order valence-electron chi connectivity index (χ2n) is 4.74. The molecule has 16 heavy (non-hydrogen) atoms. The fourth-order valence-electron chi connectivity index (χ4n) is 1.57. The molecule has 0 fully saturated rings. The highest BCUT2D eigenvalue weighted by Gasteiger charge is 2.22. The first-order chi connectivity index (χ1) is 7.22. The van der Waals surface area contributed by atoms with Crippen molar-refractivity contribution in [1.82, 2.24) is 14.7 Å². The van der Waals surface area contributed by atoms with Gasteiger partial charge in [-0.25, -0.2) is 0 Å². The van der Waals surface area contributed by atoms with Crippen LogP contribution in [0.15, 0.2) is 6.20 Å². The Hall–Kier alpha value is -1.36. The third kappa shape index (κ3) is 2.82. The molecule has 1 heterocycles. The Bertz CT molecular complexity index is 390. The van der Waals surface area contributed by atoms with Gasteiger partial charge in [-0.15, -0.1) is 0 Å². The summed E-state index contributed by atoms with van der Waals surface area (Å²) in [5, 5.41) is 13.7. The van der Waals surface area contributed by atoms with Crippen LogP contribution >= 0.6 is 0 Å². The number of aromatic nitrogens is 2. The molecule has 5 heteroatoms. The van der Waals surface area contributed by atoms with Crippen molar-refractivity contribution in [1.29, 1.82) is 0 Å². The van der Waals surface area contributed by atoms with E-state index < -0.39 is 5.60 Å². The quantitative estimate of drug-likeness (QED) is 0.818. The molecule has 0 aliphatic heterocycles. The van der Waals surface area contributed by atoms with Gasteiger partial charge in [0.25, 0.3) is 5.91 Å². The van der Waals surface area contributed by atoms with Crippen LogP contribution in [0.5, 0.6) is 0 Å². The first kappa shape index (κ1) is 12.7. The zero-order valence-electron chi connectivity index (χ0n) is 10.5. The van der Waals surface area contributed by atoms with Gasteiger partial charge < -0.3 is 10.0 Å². The lowest BCUT2D eigenvalue weighted by Crippen LogP contribution is -2.39. The molecule has 0 unspecified atom stereocenters. The minimum atomic E-state index is -0.888. The number of rotatable bonds is 3. The fourth-order valence-corrected chi connectivity index (χ4v) is 1.57. The standard InChI is InChI=1S/C11H19N3O2/c1-8-9(6-12-14(8)5)10(15)13(4)7-11(2,3)16/h6,16H,7H2,1-5H3. The van der Waals surface area contributed by atoms with Gasteiger partial charge in [0.05, 0.1) is 17.4 Å². The van der Waals surface area contributed by atoms with Gasteiger partial charge in [-0.2, -0.15) is 5.10 Å². The number of hydrogen-bond donors (Lipinski definition) is 1. The highest BCUT2D eigenvalue weighted by molar-refractivity contribution is 5.94. The van der Waals surface area contributed by atoms with E-state index in [0.29, 0.717) is 12.1 Å². The van der Waals surface area contributed by atoms with Crippen LogP contribution in [0.1, 0.15) is 29.9 Å². The molecule has 0 aliphatic carbocycles. The Morgan fingerprint density at radius 3 is 2.56 bits per heavy atom. The van der Waals surface area contributed by atoms with Gasteiger partial charge in [0.15, 0.2) is 0 Å². The second-order valence-corrected chi connectivity index (χ2v) is 4.74. The lowest BCUT2D eigenvalue weighted by Gasteiger charge is -2.25. The monoisotopic (exact) mass is 225 g/mol. The SMILES string of the molecule is Cc1c(C(=O)N(C)CC(C)(C)O)cnn1C. The van der Waals surface area contributed by atoms with Crippen LogP contribution in [0.2, 0.25) is 0 Å². The van der Waals surface area contributed by atoms with Crippen LogP contribution < -0.4 is 0 Å². The number of nitrogens with zero attached hydrogens (tertiary/aromatic N) is 3. The van der Waals surface area contributed by atoms with E-state index in [1.807, 2.05) is 6.92 Å². The third-order valence-electron chi connectivity index (χ3n) is 2.44. The Morgan fingerprint density at radius 2 is 2.19 bits per heavy atom. The van der Waals surface area contributed by atoms with E-state index in [2.05, 4.69) is 5.10 Å². The van der Waals surface area contributed by atoms with Gasteiger partial charge in [-0.1, -0.05) is 0 Å². The summed E-state index contributed by atoms with van der Waals surface area (Å²) in [5.41, 5.74) is 0.516. The Kier molecular flexibility index (Phi) is 3.38.